The van der Waals surface area contributed by atoms with Crippen molar-refractivity contribution in [3.05, 3.63) is 47.7 Å². The predicted octanol–water partition coefficient (Wildman–Crippen LogP) is 4.16. The van der Waals surface area contributed by atoms with Crippen molar-refractivity contribution < 1.29 is 4.74 Å². The molecule has 0 aliphatic heterocycles. The third kappa shape index (κ3) is 3.99. The SMILES string of the molecule is CSc1ccc(Oc2ccc(CNC3CC3)c(C)n2)cc1. The highest BCUT2D eigenvalue weighted by molar-refractivity contribution is 7.98. The van der Waals surface area contributed by atoms with Gasteiger partial charge in [0.25, 0.3) is 0 Å². The van der Waals surface area contributed by atoms with Crippen molar-refractivity contribution in [2.24, 2.45) is 0 Å². The highest BCUT2D eigenvalue weighted by Gasteiger charge is 2.20. The number of aromatic nitrogens is 1. The van der Waals surface area contributed by atoms with Gasteiger partial charge in [-0.3, -0.25) is 0 Å². The van der Waals surface area contributed by atoms with Crippen LogP contribution in [0, 0.1) is 6.92 Å². The third-order valence-electron chi connectivity index (χ3n) is 3.61. The van der Waals surface area contributed by atoms with Crippen LogP contribution in [0.15, 0.2) is 41.3 Å². The van der Waals surface area contributed by atoms with Gasteiger partial charge in [0.05, 0.1) is 0 Å². The van der Waals surface area contributed by atoms with E-state index in [1.807, 2.05) is 25.1 Å². The number of aryl methyl sites for hydroxylation is 1. The average Bonchev–Trinajstić information content (AvgIpc) is 3.31. The number of pyridine rings is 1. The van der Waals surface area contributed by atoms with E-state index >= 15 is 0 Å². The van der Waals surface area contributed by atoms with Crippen LogP contribution in [-0.4, -0.2) is 17.3 Å². The van der Waals surface area contributed by atoms with E-state index in [0.717, 1.165) is 24.0 Å². The van der Waals surface area contributed by atoms with Gasteiger partial charge in [-0.05, 0) is 55.9 Å². The van der Waals surface area contributed by atoms with Crippen LogP contribution in [0.2, 0.25) is 0 Å². The molecule has 1 N–H and O–H groups in total. The molecule has 21 heavy (non-hydrogen) atoms. The van der Waals surface area contributed by atoms with E-state index in [1.165, 1.54) is 23.3 Å². The summed E-state index contributed by atoms with van der Waals surface area (Å²) in [5.74, 6) is 1.48. The molecule has 1 aromatic heterocycles. The van der Waals surface area contributed by atoms with Crippen molar-refractivity contribution in [3.63, 3.8) is 0 Å². The van der Waals surface area contributed by atoms with E-state index in [0.29, 0.717) is 5.88 Å². The molecule has 1 aromatic carbocycles. The number of nitrogens with one attached hydrogen (secondary N) is 1. The third-order valence-corrected chi connectivity index (χ3v) is 4.35. The van der Waals surface area contributed by atoms with Gasteiger partial charge in [0.15, 0.2) is 0 Å². The van der Waals surface area contributed by atoms with Crippen LogP contribution in [0.1, 0.15) is 24.1 Å². The lowest BCUT2D eigenvalue weighted by Gasteiger charge is -2.10. The molecule has 0 spiro atoms. The zero-order valence-electron chi connectivity index (χ0n) is 12.4. The number of benzene rings is 1. The maximum Gasteiger partial charge on any atom is 0.219 e. The molecular weight excluding hydrogens is 280 g/mol. The Balaban J connectivity index is 1.65. The maximum absolute atomic E-state index is 5.81. The molecule has 4 heteroatoms. The molecule has 2 aromatic rings. The van der Waals surface area contributed by atoms with Crippen molar-refractivity contribution in [2.45, 2.75) is 37.2 Å². The van der Waals surface area contributed by atoms with Crippen molar-refractivity contribution in [1.29, 1.82) is 0 Å². The molecule has 1 aliphatic rings. The van der Waals surface area contributed by atoms with Gasteiger partial charge in [-0.15, -0.1) is 11.8 Å². The van der Waals surface area contributed by atoms with Gasteiger partial charge >= 0.3 is 0 Å². The van der Waals surface area contributed by atoms with Crippen molar-refractivity contribution in [3.8, 4) is 11.6 Å². The Morgan fingerprint density at radius 1 is 1.19 bits per heavy atom. The molecule has 0 unspecified atom stereocenters. The largest absolute Gasteiger partial charge is 0.439 e. The summed E-state index contributed by atoms with van der Waals surface area (Å²) in [7, 11) is 0. The van der Waals surface area contributed by atoms with Crippen LogP contribution in [-0.2, 0) is 6.54 Å². The average molecular weight is 300 g/mol. The molecule has 3 nitrogen and oxygen atoms in total. The zero-order chi connectivity index (χ0) is 14.7. The van der Waals surface area contributed by atoms with Crippen molar-refractivity contribution in [2.75, 3.05) is 6.26 Å². The van der Waals surface area contributed by atoms with Gasteiger partial charge in [0.1, 0.15) is 5.75 Å². The van der Waals surface area contributed by atoms with E-state index in [9.17, 15) is 0 Å². The van der Waals surface area contributed by atoms with Crippen LogP contribution >= 0.6 is 11.8 Å². The van der Waals surface area contributed by atoms with Gasteiger partial charge in [0.2, 0.25) is 5.88 Å². The Kier molecular flexibility index (Phi) is 4.46. The molecule has 3 rings (SSSR count). The highest BCUT2D eigenvalue weighted by Crippen LogP contribution is 2.24. The summed E-state index contributed by atoms with van der Waals surface area (Å²) < 4.78 is 5.81. The smallest absolute Gasteiger partial charge is 0.219 e. The lowest BCUT2D eigenvalue weighted by Crippen LogP contribution is -2.16. The molecule has 1 saturated carbocycles. The fourth-order valence-electron chi connectivity index (χ4n) is 2.12. The van der Waals surface area contributed by atoms with Crippen LogP contribution in [0.25, 0.3) is 0 Å². The van der Waals surface area contributed by atoms with Gasteiger partial charge in [-0.1, -0.05) is 6.07 Å². The van der Waals surface area contributed by atoms with Gasteiger partial charge in [0, 0.05) is 29.2 Å². The first kappa shape index (κ1) is 14.4. The number of ether oxygens (including phenoxy) is 1. The first-order valence-electron chi connectivity index (χ1n) is 7.26. The molecule has 110 valence electrons. The molecular formula is C17H20N2OS. The number of hydrogen-bond donors (Lipinski definition) is 1. The topological polar surface area (TPSA) is 34.1 Å². The predicted molar refractivity (Wildman–Crippen MR) is 87.1 cm³/mol. The molecule has 0 radical (unpaired) electrons. The van der Waals surface area contributed by atoms with E-state index in [2.05, 4.69) is 34.8 Å². The van der Waals surface area contributed by atoms with Gasteiger partial charge in [-0.2, -0.15) is 0 Å². The molecule has 0 saturated heterocycles. The monoisotopic (exact) mass is 300 g/mol. The van der Waals surface area contributed by atoms with E-state index < -0.39 is 0 Å². The molecule has 1 heterocycles. The second-order valence-electron chi connectivity index (χ2n) is 5.33. The maximum atomic E-state index is 5.81. The molecule has 0 atom stereocenters. The van der Waals surface area contributed by atoms with E-state index in [-0.39, 0.29) is 0 Å². The minimum absolute atomic E-state index is 0.652. The highest BCUT2D eigenvalue weighted by atomic mass is 32.2. The van der Waals surface area contributed by atoms with Gasteiger partial charge in [-0.25, -0.2) is 4.98 Å². The molecule has 0 bridgehead atoms. The first-order chi connectivity index (χ1) is 10.2. The summed E-state index contributed by atoms with van der Waals surface area (Å²) >= 11 is 1.72. The quantitative estimate of drug-likeness (QED) is 0.812. The molecule has 0 amide bonds. The Hall–Kier alpha value is -1.52. The summed E-state index contributed by atoms with van der Waals surface area (Å²) in [6, 6.07) is 12.8. The van der Waals surface area contributed by atoms with Gasteiger partial charge < -0.3 is 10.1 Å². The number of nitrogens with zero attached hydrogens (tertiary/aromatic N) is 1. The Morgan fingerprint density at radius 2 is 1.95 bits per heavy atom. The number of hydrogen-bond acceptors (Lipinski definition) is 4. The molecule has 1 fully saturated rings. The summed E-state index contributed by atoms with van der Waals surface area (Å²) in [6.45, 7) is 2.93. The summed E-state index contributed by atoms with van der Waals surface area (Å²) in [6.07, 6.45) is 4.68. The van der Waals surface area contributed by atoms with Crippen molar-refractivity contribution in [1.82, 2.24) is 10.3 Å². The Labute approximate surface area is 130 Å². The second-order valence-corrected chi connectivity index (χ2v) is 6.21. The number of rotatable bonds is 6. The lowest BCUT2D eigenvalue weighted by atomic mass is 10.2. The second kappa shape index (κ2) is 6.50. The minimum Gasteiger partial charge on any atom is -0.439 e. The van der Waals surface area contributed by atoms with Crippen LogP contribution in [0.4, 0.5) is 0 Å². The lowest BCUT2D eigenvalue weighted by molar-refractivity contribution is 0.460. The van der Waals surface area contributed by atoms with E-state index in [1.54, 1.807) is 11.8 Å². The minimum atomic E-state index is 0.652. The first-order valence-corrected chi connectivity index (χ1v) is 8.49. The zero-order valence-corrected chi connectivity index (χ0v) is 13.2. The van der Waals surface area contributed by atoms with Crippen LogP contribution in [0.5, 0.6) is 11.6 Å². The van der Waals surface area contributed by atoms with Crippen molar-refractivity contribution >= 4 is 11.8 Å². The fourth-order valence-corrected chi connectivity index (χ4v) is 2.53. The summed E-state index contributed by atoms with van der Waals surface area (Å²) in [4.78, 5) is 5.77. The summed E-state index contributed by atoms with van der Waals surface area (Å²) in [5.41, 5.74) is 2.27. The van der Waals surface area contributed by atoms with Crippen LogP contribution < -0.4 is 10.1 Å². The van der Waals surface area contributed by atoms with Crippen LogP contribution in [0.3, 0.4) is 0 Å². The van der Waals surface area contributed by atoms with E-state index in [4.69, 9.17) is 4.74 Å². The summed E-state index contributed by atoms with van der Waals surface area (Å²) in [5, 5.41) is 3.51. The molecule has 1 aliphatic carbocycles. The Morgan fingerprint density at radius 3 is 2.57 bits per heavy atom. The number of thioether (sulfide) groups is 1. The normalized spacial score (nSPS) is 14.2. The standard InChI is InChI=1S/C17H20N2OS/c1-12-13(11-18-14-4-5-14)3-10-17(19-12)20-15-6-8-16(21-2)9-7-15/h3,6-10,14,18H,4-5,11H2,1-2H3. The fraction of sp³-hybridized carbons (Fsp3) is 0.353. The Bertz CT molecular complexity index is 609.